The molecule has 2 unspecified atom stereocenters. The van der Waals surface area contributed by atoms with Crippen LogP contribution in [0.4, 0.5) is 0 Å². The maximum Gasteiger partial charge on any atom is 0.341 e. The van der Waals surface area contributed by atoms with Crippen LogP contribution < -0.4 is 0 Å². The molecular formula is C15H22N2O5S2. The number of aliphatic carboxylic acids is 1. The predicted octanol–water partition coefficient (Wildman–Crippen LogP) is 0.668. The van der Waals surface area contributed by atoms with E-state index in [1.807, 2.05) is 0 Å². The zero-order chi connectivity index (χ0) is 17.1. The van der Waals surface area contributed by atoms with Gasteiger partial charge in [0.1, 0.15) is 5.57 Å². The number of thioether (sulfide) groups is 2. The normalized spacial score (nSPS) is 29.6. The van der Waals surface area contributed by atoms with E-state index in [1.54, 1.807) is 0 Å². The first kappa shape index (κ1) is 18.2. The Morgan fingerprint density at radius 1 is 0.958 bits per heavy atom. The van der Waals surface area contributed by atoms with E-state index < -0.39 is 5.97 Å². The summed E-state index contributed by atoms with van der Waals surface area (Å²) in [5, 5.41) is 9.68. The average molecular weight is 374 g/mol. The van der Waals surface area contributed by atoms with Crippen molar-refractivity contribution in [2.75, 3.05) is 52.6 Å². The molecule has 3 aliphatic rings. The maximum absolute atomic E-state index is 11.8. The molecule has 0 aliphatic carbocycles. The minimum absolute atomic E-state index is 0.0842. The van der Waals surface area contributed by atoms with Crippen molar-refractivity contribution in [2.24, 2.45) is 0 Å². The van der Waals surface area contributed by atoms with Crippen molar-refractivity contribution >= 4 is 35.3 Å². The number of morpholine rings is 2. The summed E-state index contributed by atoms with van der Waals surface area (Å²) in [5.74, 6) is -1.53. The summed E-state index contributed by atoms with van der Waals surface area (Å²) < 4.78 is 11.5. The highest BCUT2D eigenvalue weighted by molar-refractivity contribution is 8.26. The summed E-state index contributed by atoms with van der Waals surface area (Å²) in [5.41, 5.74) is -0.0842. The number of ketones is 1. The van der Waals surface area contributed by atoms with E-state index in [0.717, 1.165) is 26.2 Å². The molecular weight excluding hydrogens is 352 g/mol. The van der Waals surface area contributed by atoms with Crippen molar-refractivity contribution in [3.63, 3.8) is 0 Å². The largest absolute Gasteiger partial charge is 0.478 e. The number of ether oxygens (including phenoxy) is 2. The molecule has 0 aromatic rings. The molecule has 3 heterocycles. The molecule has 24 heavy (non-hydrogen) atoms. The zero-order valence-corrected chi connectivity index (χ0v) is 15.2. The fourth-order valence-corrected chi connectivity index (χ4v) is 6.62. The number of carbonyl (C=O) groups is 2. The summed E-state index contributed by atoms with van der Waals surface area (Å²) >= 11 is 3.03. The lowest BCUT2D eigenvalue weighted by Gasteiger charge is -2.39. The lowest BCUT2D eigenvalue weighted by Crippen LogP contribution is -2.52. The van der Waals surface area contributed by atoms with E-state index in [4.69, 9.17) is 9.47 Å². The Balaban J connectivity index is 1.86. The maximum atomic E-state index is 11.8. The van der Waals surface area contributed by atoms with Crippen molar-refractivity contribution in [1.82, 2.24) is 9.80 Å². The third-order valence-electron chi connectivity index (χ3n) is 4.28. The van der Waals surface area contributed by atoms with Crippen LogP contribution in [0.15, 0.2) is 9.81 Å². The molecule has 0 amide bonds. The van der Waals surface area contributed by atoms with E-state index in [2.05, 4.69) is 9.80 Å². The van der Waals surface area contributed by atoms with Gasteiger partial charge in [-0.15, -0.1) is 0 Å². The van der Waals surface area contributed by atoms with E-state index in [9.17, 15) is 14.7 Å². The molecule has 0 radical (unpaired) electrons. The molecule has 1 N–H and O–H groups in total. The number of Topliss-reactive ketones (excluding diaryl/α,β-unsaturated/α-hetero) is 1. The molecule has 0 spiro atoms. The molecule has 2 atom stereocenters. The summed E-state index contributed by atoms with van der Waals surface area (Å²) in [6, 6.07) is 0. The first-order valence-electron chi connectivity index (χ1n) is 8.03. The van der Waals surface area contributed by atoms with Gasteiger partial charge in [-0.1, -0.05) is 23.5 Å². The van der Waals surface area contributed by atoms with Crippen LogP contribution >= 0.6 is 23.5 Å². The minimum Gasteiger partial charge on any atom is -0.478 e. The van der Waals surface area contributed by atoms with Gasteiger partial charge in [0.25, 0.3) is 0 Å². The third kappa shape index (κ3) is 3.97. The van der Waals surface area contributed by atoms with Gasteiger partial charge in [-0.2, -0.15) is 0 Å². The Hall–Kier alpha value is -0.580. The van der Waals surface area contributed by atoms with Crippen LogP contribution in [0, 0.1) is 0 Å². The monoisotopic (exact) mass is 374 g/mol. The second kappa shape index (κ2) is 8.20. The van der Waals surface area contributed by atoms with Crippen LogP contribution in [0.2, 0.25) is 0 Å². The van der Waals surface area contributed by atoms with Crippen molar-refractivity contribution < 1.29 is 24.2 Å². The number of carbonyl (C=O) groups excluding carboxylic acids is 1. The molecule has 7 nitrogen and oxygen atoms in total. The quantitative estimate of drug-likeness (QED) is 0.434. The van der Waals surface area contributed by atoms with Gasteiger partial charge < -0.3 is 14.6 Å². The first-order chi connectivity index (χ1) is 11.6. The van der Waals surface area contributed by atoms with Crippen molar-refractivity contribution in [1.29, 1.82) is 0 Å². The van der Waals surface area contributed by atoms with Gasteiger partial charge in [0, 0.05) is 26.2 Å². The molecule has 0 bridgehead atoms. The topological polar surface area (TPSA) is 79.3 Å². The summed E-state index contributed by atoms with van der Waals surface area (Å²) in [6.45, 7) is 7.39. The molecule has 0 aromatic carbocycles. The van der Waals surface area contributed by atoms with Crippen LogP contribution in [0.3, 0.4) is 0 Å². The Morgan fingerprint density at radius 2 is 1.38 bits per heavy atom. The Bertz CT molecular complexity index is 486. The second-order valence-corrected chi connectivity index (χ2v) is 8.35. The van der Waals surface area contributed by atoms with E-state index >= 15 is 0 Å². The van der Waals surface area contributed by atoms with Gasteiger partial charge in [0.2, 0.25) is 0 Å². The van der Waals surface area contributed by atoms with Gasteiger partial charge in [-0.3, -0.25) is 14.6 Å². The molecule has 0 aromatic heterocycles. The highest BCUT2D eigenvalue weighted by Gasteiger charge is 2.43. The average Bonchev–Trinajstić information content (AvgIpc) is 3.00. The first-order valence-corrected chi connectivity index (χ1v) is 9.79. The van der Waals surface area contributed by atoms with Crippen LogP contribution in [-0.4, -0.2) is 90.0 Å². The van der Waals surface area contributed by atoms with Crippen LogP contribution in [-0.2, 0) is 19.1 Å². The molecule has 3 saturated heterocycles. The van der Waals surface area contributed by atoms with E-state index in [0.29, 0.717) is 30.7 Å². The number of carboxylic acids is 1. The molecule has 0 saturated carbocycles. The Kier molecular flexibility index (Phi) is 6.22. The van der Waals surface area contributed by atoms with Crippen LogP contribution in [0.1, 0.15) is 6.92 Å². The number of nitrogens with zero attached hydrogens (tertiary/aromatic N) is 2. The lowest BCUT2D eigenvalue weighted by molar-refractivity contribution is -0.134. The van der Waals surface area contributed by atoms with Crippen LogP contribution in [0.5, 0.6) is 0 Å². The third-order valence-corrected chi connectivity index (χ3v) is 7.46. The van der Waals surface area contributed by atoms with Crippen LogP contribution in [0.25, 0.3) is 0 Å². The fourth-order valence-electron chi connectivity index (χ4n) is 3.04. The van der Waals surface area contributed by atoms with Gasteiger partial charge >= 0.3 is 5.97 Å². The Morgan fingerprint density at radius 3 is 1.71 bits per heavy atom. The van der Waals surface area contributed by atoms with Gasteiger partial charge in [-0.05, 0) is 6.92 Å². The SMILES string of the molecule is CC(=O)C(C(=O)O)=C1SC(N2CCOCC2)C(N2CCOCC2)S1. The highest BCUT2D eigenvalue weighted by Crippen LogP contribution is 2.51. The molecule has 9 heteroatoms. The fraction of sp³-hybridized carbons (Fsp3) is 0.733. The lowest BCUT2D eigenvalue weighted by atomic mass is 10.2. The second-order valence-electron chi connectivity index (χ2n) is 5.84. The van der Waals surface area contributed by atoms with Crippen molar-refractivity contribution in [2.45, 2.75) is 17.7 Å². The Labute approximate surface area is 149 Å². The standard InChI is InChI=1S/C15H22N2O5S2/c1-10(18)11(14(19)20)15-23-12(16-2-6-21-7-3-16)13(24-15)17-4-8-22-9-5-17/h12-13H,2-9H2,1H3,(H,19,20). The summed E-state index contributed by atoms with van der Waals surface area (Å²) in [7, 11) is 0. The van der Waals surface area contributed by atoms with Gasteiger partial charge in [0.15, 0.2) is 5.78 Å². The predicted molar refractivity (Wildman–Crippen MR) is 92.9 cm³/mol. The molecule has 3 aliphatic heterocycles. The number of rotatable bonds is 4. The molecule has 3 fully saturated rings. The highest BCUT2D eigenvalue weighted by atomic mass is 32.2. The molecule has 134 valence electrons. The van der Waals surface area contributed by atoms with Crippen molar-refractivity contribution in [3.05, 3.63) is 9.81 Å². The number of carboxylic acid groups (broad SMARTS) is 1. The van der Waals surface area contributed by atoms with E-state index in [1.165, 1.54) is 30.4 Å². The summed E-state index contributed by atoms with van der Waals surface area (Å²) in [4.78, 5) is 28.0. The number of hydrogen-bond acceptors (Lipinski definition) is 8. The minimum atomic E-state index is -1.14. The number of hydrogen-bond donors (Lipinski definition) is 1. The summed E-state index contributed by atoms with van der Waals surface area (Å²) in [6.07, 6.45) is 0. The zero-order valence-electron chi connectivity index (χ0n) is 13.6. The molecule has 3 rings (SSSR count). The smallest absolute Gasteiger partial charge is 0.341 e. The van der Waals surface area contributed by atoms with Gasteiger partial charge in [-0.25, -0.2) is 4.79 Å². The van der Waals surface area contributed by atoms with Gasteiger partial charge in [0.05, 0.1) is 41.4 Å². The van der Waals surface area contributed by atoms with E-state index in [-0.39, 0.29) is 22.1 Å². The van der Waals surface area contributed by atoms with Crippen molar-refractivity contribution in [3.8, 4) is 0 Å².